The molecule has 0 saturated heterocycles. The van der Waals surface area contributed by atoms with E-state index in [1.54, 1.807) is 30.2 Å². The van der Waals surface area contributed by atoms with Crippen LogP contribution in [-0.4, -0.2) is 30.2 Å². The van der Waals surface area contributed by atoms with Gasteiger partial charge >= 0.3 is 7.12 Å². The van der Waals surface area contributed by atoms with Crippen molar-refractivity contribution in [3.63, 3.8) is 0 Å². The molecule has 0 fully saturated rings. The van der Waals surface area contributed by atoms with Crippen LogP contribution < -0.4 is 5.46 Å². The average Bonchev–Trinajstić information content (AvgIpc) is 2.26. The van der Waals surface area contributed by atoms with Gasteiger partial charge < -0.3 is 14.8 Å². The second-order valence-corrected chi connectivity index (χ2v) is 3.02. The maximum Gasteiger partial charge on any atom is 0.488 e. The van der Waals surface area contributed by atoms with Crippen LogP contribution in [-0.2, 0) is 16.0 Å². The Labute approximate surface area is 88.0 Å². The summed E-state index contributed by atoms with van der Waals surface area (Å²) in [4.78, 5) is 10.3. The lowest BCUT2D eigenvalue weighted by atomic mass is 9.80. The number of rotatable bonds is 4. The van der Waals surface area contributed by atoms with Crippen molar-refractivity contribution >= 4 is 18.5 Å². The van der Waals surface area contributed by atoms with Crippen molar-refractivity contribution < 1.29 is 19.6 Å². The predicted octanol–water partition coefficient (Wildman–Crippen LogP) is -0.729. The van der Waals surface area contributed by atoms with E-state index in [0.717, 1.165) is 5.56 Å². The number of benzene rings is 1. The lowest BCUT2D eigenvalue weighted by molar-refractivity contribution is 0.286. The molecule has 0 bridgehead atoms. The highest BCUT2D eigenvalue weighted by Gasteiger charge is 2.10. The van der Waals surface area contributed by atoms with Crippen molar-refractivity contribution in [2.24, 2.45) is 0 Å². The van der Waals surface area contributed by atoms with Crippen molar-refractivity contribution in [3.8, 4) is 0 Å². The van der Waals surface area contributed by atoms with E-state index in [9.17, 15) is 4.79 Å². The first-order valence-corrected chi connectivity index (χ1v) is 4.40. The maximum atomic E-state index is 10.3. The second kappa shape index (κ2) is 5.36. The van der Waals surface area contributed by atoms with Crippen LogP contribution in [0.1, 0.15) is 5.56 Å². The van der Waals surface area contributed by atoms with Crippen LogP contribution >= 0.6 is 0 Å². The van der Waals surface area contributed by atoms with Crippen molar-refractivity contribution in [1.29, 1.82) is 0 Å². The van der Waals surface area contributed by atoms with Crippen LogP contribution in [0.3, 0.4) is 0 Å². The summed E-state index contributed by atoms with van der Waals surface area (Å²) < 4.78 is 4.78. The summed E-state index contributed by atoms with van der Waals surface area (Å²) in [7, 11) is -0.0610. The van der Waals surface area contributed by atoms with Crippen LogP contribution in [0.15, 0.2) is 30.0 Å². The molecule has 0 aliphatic heterocycles. The lowest BCUT2D eigenvalue weighted by Gasteiger charge is -2.03. The number of ether oxygens (including phenoxy) is 1. The molecule has 0 spiro atoms. The highest BCUT2D eigenvalue weighted by Crippen LogP contribution is 2.04. The average molecular weight is 206 g/mol. The molecule has 4 nitrogen and oxygen atoms in total. The molecule has 0 radical (unpaired) electrons. The third kappa shape index (κ3) is 3.25. The first-order valence-electron chi connectivity index (χ1n) is 4.40. The Balaban J connectivity index is 2.77. The van der Waals surface area contributed by atoms with Gasteiger partial charge in [-0.25, -0.2) is 4.79 Å². The fourth-order valence-corrected chi connectivity index (χ4v) is 1.14. The van der Waals surface area contributed by atoms with Crippen molar-refractivity contribution in [2.75, 3.05) is 7.11 Å². The van der Waals surface area contributed by atoms with Gasteiger partial charge in [0.15, 0.2) is 11.7 Å². The molecule has 78 valence electrons. The van der Waals surface area contributed by atoms with E-state index in [0.29, 0.717) is 11.9 Å². The molecule has 1 rings (SSSR count). The Kier molecular flexibility index (Phi) is 4.12. The largest absolute Gasteiger partial charge is 0.489 e. The summed E-state index contributed by atoms with van der Waals surface area (Å²) in [5.41, 5.74) is 1.26. The highest BCUT2D eigenvalue weighted by atomic mass is 16.5. The molecule has 0 heterocycles. The maximum absolute atomic E-state index is 10.3. The van der Waals surface area contributed by atoms with Gasteiger partial charge in [0.2, 0.25) is 0 Å². The summed E-state index contributed by atoms with van der Waals surface area (Å²) in [5, 5.41) is 17.7. The van der Waals surface area contributed by atoms with Gasteiger partial charge in [0, 0.05) is 6.42 Å². The molecular weight excluding hydrogens is 195 g/mol. The third-order valence-electron chi connectivity index (χ3n) is 2.00. The third-order valence-corrected chi connectivity index (χ3v) is 2.00. The molecule has 15 heavy (non-hydrogen) atoms. The van der Waals surface area contributed by atoms with E-state index in [1.807, 2.05) is 0 Å². The Morgan fingerprint density at radius 1 is 1.40 bits per heavy atom. The van der Waals surface area contributed by atoms with Gasteiger partial charge in [0.05, 0.1) is 7.11 Å². The summed E-state index contributed by atoms with van der Waals surface area (Å²) >= 11 is 0. The zero-order valence-electron chi connectivity index (χ0n) is 8.30. The molecule has 2 N–H and O–H groups in total. The van der Waals surface area contributed by atoms with Gasteiger partial charge in [-0.3, -0.25) is 0 Å². The van der Waals surface area contributed by atoms with E-state index in [4.69, 9.17) is 14.8 Å². The number of allylic oxidation sites excluding steroid dienone is 1. The van der Waals surface area contributed by atoms with E-state index in [2.05, 4.69) is 0 Å². The fraction of sp³-hybridized carbons (Fsp3) is 0.200. The molecule has 0 atom stereocenters. The fourth-order valence-electron chi connectivity index (χ4n) is 1.14. The Morgan fingerprint density at radius 3 is 2.40 bits per heavy atom. The smallest absolute Gasteiger partial charge is 0.488 e. The minimum atomic E-state index is -1.47. The predicted molar refractivity (Wildman–Crippen MR) is 56.2 cm³/mol. The molecule has 0 aromatic heterocycles. The number of hydrogen-bond acceptors (Lipinski definition) is 4. The van der Waals surface area contributed by atoms with Crippen LogP contribution in [0.25, 0.3) is 0 Å². The van der Waals surface area contributed by atoms with Gasteiger partial charge in [-0.15, -0.1) is 0 Å². The van der Waals surface area contributed by atoms with Gasteiger partial charge in [-0.05, 0) is 11.0 Å². The molecule has 1 aromatic carbocycles. The minimum absolute atomic E-state index is 0.215. The zero-order valence-corrected chi connectivity index (χ0v) is 8.30. The second-order valence-electron chi connectivity index (χ2n) is 3.02. The topological polar surface area (TPSA) is 66.8 Å². The first kappa shape index (κ1) is 11.5. The lowest BCUT2D eigenvalue weighted by Crippen LogP contribution is -2.29. The zero-order chi connectivity index (χ0) is 11.3. The van der Waals surface area contributed by atoms with Crippen molar-refractivity contribution in [1.82, 2.24) is 0 Å². The standard InChI is InChI=1S/C10H11BO4/c1-15-10(7-12)6-8-2-4-9(5-3-8)11(13)14/h2-5,13-14H,6H2,1H3. The molecule has 0 amide bonds. The van der Waals surface area contributed by atoms with Gasteiger partial charge in [-0.1, -0.05) is 24.3 Å². The van der Waals surface area contributed by atoms with Crippen molar-refractivity contribution in [3.05, 3.63) is 35.6 Å². The van der Waals surface area contributed by atoms with Crippen molar-refractivity contribution in [2.45, 2.75) is 6.42 Å². The van der Waals surface area contributed by atoms with Gasteiger partial charge in [-0.2, -0.15) is 0 Å². The van der Waals surface area contributed by atoms with E-state index in [1.165, 1.54) is 7.11 Å². The monoisotopic (exact) mass is 206 g/mol. The minimum Gasteiger partial charge on any atom is -0.489 e. The summed E-state index contributed by atoms with van der Waals surface area (Å²) in [6, 6.07) is 6.56. The molecule has 5 heteroatoms. The molecule has 0 unspecified atom stereocenters. The van der Waals surface area contributed by atoms with Crippen LogP contribution in [0.2, 0.25) is 0 Å². The van der Waals surface area contributed by atoms with Crippen LogP contribution in [0.5, 0.6) is 0 Å². The van der Waals surface area contributed by atoms with Gasteiger partial charge in [0.1, 0.15) is 0 Å². The molecule has 0 aliphatic carbocycles. The van der Waals surface area contributed by atoms with Crippen LogP contribution in [0.4, 0.5) is 0 Å². The normalized spacial score (nSPS) is 9.27. The number of hydrogen-bond donors (Lipinski definition) is 2. The van der Waals surface area contributed by atoms with Gasteiger partial charge in [0.25, 0.3) is 0 Å². The quantitative estimate of drug-likeness (QED) is 0.387. The summed E-state index contributed by atoms with van der Waals surface area (Å²) in [6.45, 7) is 0. The Morgan fingerprint density at radius 2 is 2.00 bits per heavy atom. The van der Waals surface area contributed by atoms with Crippen LogP contribution in [0, 0.1) is 0 Å². The Hall–Kier alpha value is -1.55. The van der Waals surface area contributed by atoms with E-state index >= 15 is 0 Å². The molecule has 1 aromatic rings. The SMILES string of the molecule is COC(=C=O)Cc1ccc(B(O)O)cc1. The highest BCUT2D eigenvalue weighted by molar-refractivity contribution is 6.58. The summed E-state index contributed by atoms with van der Waals surface area (Å²) in [6.07, 6.45) is 0.349. The molecule has 0 aliphatic rings. The van der Waals surface area contributed by atoms with E-state index in [-0.39, 0.29) is 5.76 Å². The first-order chi connectivity index (χ1) is 7.17. The molecule has 0 saturated carbocycles. The van der Waals surface area contributed by atoms with E-state index < -0.39 is 7.12 Å². The Bertz CT molecular complexity index is 366. The number of carbonyl (C=O) groups excluding carboxylic acids is 1. The number of methoxy groups -OCH3 is 1. The molecular formula is C10H11BO4. The summed E-state index contributed by atoms with van der Waals surface area (Å²) in [5.74, 6) is 1.90.